The minimum absolute atomic E-state index is 0.0368. The Morgan fingerprint density at radius 3 is 2.54 bits per heavy atom. The fourth-order valence-corrected chi connectivity index (χ4v) is 4.04. The molecule has 0 aliphatic carbocycles. The smallest absolute Gasteiger partial charge is 0.266 e. The monoisotopic (exact) mass is 393 g/mol. The first-order valence-electron chi connectivity index (χ1n) is 8.60. The molecule has 0 bridgehead atoms. The molecule has 0 unspecified atom stereocenters. The zero-order valence-electron chi connectivity index (χ0n) is 14.7. The van der Waals surface area contributed by atoms with E-state index < -0.39 is 11.7 Å². The van der Waals surface area contributed by atoms with E-state index in [4.69, 9.17) is 4.74 Å². The van der Waals surface area contributed by atoms with Crippen LogP contribution in [0.5, 0.6) is 11.5 Å². The first-order chi connectivity index (χ1) is 13.6. The maximum atomic E-state index is 14.5. The molecule has 28 heavy (non-hydrogen) atoms. The lowest BCUT2D eigenvalue weighted by atomic mass is 10.1. The molecule has 4 nitrogen and oxygen atoms in total. The van der Waals surface area contributed by atoms with E-state index in [9.17, 15) is 14.3 Å². The highest BCUT2D eigenvalue weighted by molar-refractivity contribution is 7.21. The predicted octanol–water partition coefficient (Wildman–Crippen LogP) is 5.58. The molecule has 1 heterocycles. The van der Waals surface area contributed by atoms with E-state index in [2.05, 4.69) is 5.32 Å². The number of phenols is 1. The van der Waals surface area contributed by atoms with E-state index in [1.807, 2.05) is 18.2 Å². The average Bonchev–Trinajstić information content (AvgIpc) is 3.09. The number of hydrogen-bond acceptors (Lipinski definition) is 4. The molecule has 0 fully saturated rings. The number of ether oxygens (including phenoxy) is 1. The molecule has 3 aromatic carbocycles. The van der Waals surface area contributed by atoms with Crippen molar-refractivity contribution < 1.29 is 19.0 Å². The van der Waals surface area contributed by atoms with Gasteiger partial charge < -0.3 is 15.2 Å². The van der Waals surface area contributed by atoms with Gasteiger partial charge in [0, 0.05) is 15.6 Å². The Balaban J connectivity index is 1.71. The van der Waals surface area contributed by atoms with Crippen molar-refractivity contribution in [3.05, 3.63) is 89.1 Å². The molecule has 140 valence electrons. The molecule has 1 aromatic heterocycles. The van der Waals surface area contributed by atoms with E-state index in [0.717, 1.165) is 0 Å². The maximum absolute atomic E-state index is 14.5. The molecule has 0 aliphatic heterocycles. The van der Waals surface area contributed by atoms with Gasteiger partial charge in [-0.25, -0.2) is 4.39 Å². The number of amides is 1. The molecule has 2 N–H and O–H groups in total. The van der Waals surface area contributed by atoms with E-state index >= 15 is 0 Å². The number of fused-ring (bicyclic) bond motifs is 1. The van der Waals surface area contributed by atoms with Crippen LogP contribution in [-0.2, 0) is 6.61 Å². The Bertz CT molecular complexity index is 1140. The largest absolute Gasteiger partial charge is 0.506 e. The van der Waals surface area contributed by atoms with Crippen molar-refractivity contribution in [1.29, 1.82) is 0 Å². The third-order valence-electron chi connectivity index (χ3n) is 4.25. The van der Waals surface area contributed by atoms with Crippen molar-refractivity contribution >= 4 is 33.0 Å². The van der Waals surface area contributed by atoms with Crippen LogP contribution in [0.4, 0.5) is 10.1 Å². The van der Waals surface area contributed by atoms with Crippen LogP contribution < -0.4 is 10.1 Å². The van der Waals surface area contributed by atoms with Gasteiger partial charge in [0.25, 0.3) is 5.91 Å². The molecule has 0 radical (unpaired) electrons. The first kappa shape index (κ1) is 18.0. The molecule has 4 rings (SSSR count). The summed E-state index contributed by atoms with van der Waals surface area (Å²) < 4.78 is 21.0. The molecule has 6 heteroatoms. The Kier molecular flexibility index (Phi) is 4.95. The van der Waals surface area contributed by atoms with Gasteiger partial charge in [0.2, 0.25) is 0 Å². The van der Waals surface area contributed by atoms with E-state index in [1.165, 1.54) is 23.5 Å². The van der Waals surface area contributed by atoms with Gasteiger partial charge >= 0.3 is 0 Å². The third-order valence-corrected chi connectivity index (χ3v) is 5.44. The number of nitrogens with one attached hydrogen (secondary N) is 1. The van der Waals surface area contributed by atoms with Crippen LogP contribution in [-0.4, -0.2) is 11.0 Å². The standard InChI is InChI=1S/C22H16FNO3S/c23-16-9-6-12-19-20(16)15(13-27-14-7-2-1-3-8-14)21(28-19)22(26)24-17-10-4-5-11-18(17)25/h1-12,25H,13H2,(H,24,26). The SMILES string of the molecule is O=C(Nc1ccccc1O)c1sc2cccc(F)c2c1COc1ccccc1. The van der Waals surface area contributed by atoms with Crippen LogP contribution in [0.25, 0.3) is 10.1 Å². The number of carbonyl (C=O) groups excluding carboxylic acids is 1. The average molecular weight is 393 g/mol. The van der Waals surface area contributed by atoms with Crippen LogP contribution in [0, 0.1) is 5.82 Å². The van der Waals surface area contributed by atoms with Gasteiger partial charge in [-0.1, -0.05) is 36.4 Å². The second-order valence-electron chi connectivity index (χ2n) is 6.10. The van der Waals surface area contributed by atoms with Crippen molar-refractivity contribution in [2.24, 2.45) is 0 Å². The summed E-state index contributed by atoms with van der Waals surface area (Å²) in [6.45, 7) is 0.0501. The van der Waals surface area contributed by atoms with Crippen molar-refractivity contribution in [2.75, 3.05) is 5.32 Å². The van der Waals surface area contributed by atoms with E-state index in [-0.39, 0.29) is 12.4 Å². The van der Waals surface area contributed by atoms with Gasteiger partial charge in [0.15, 0.2) is 0 Å². The number of para-hydroxylation sites is 3. The molecular weight excluding hydrogens is 377 g/mol. The summed E-state index contributed by atoms with van der Waals surface area (Å²) in [5.74, 6) is -0.230. The summed E-state index contributed by atoms with van der Waals surface area (Å²) in [6, 6.07) is 20.4. The number of halogens is 1. The Morgan fingerprint density at radius 1 is 1.00 bits per heavy atom. The molecule has 0 spiro atoms. The lowest BCUT2D eigenvalue weighted by Gasteiger charge is -2.10. The van der Waals surface area contributed by atoms with Gasteiger partial charge in [0.05, 0.1) is 5.69 Å². The number of carbonyl (C=O) groups is 1. The van der Waals surface area contributed by atoms with Gasteiger partial charge in [-0.2, -0.15) is 0 Å². The highest BCUT2D eigenvalue weighted by Crippen LogP contribution is 2.35. The van der Waals surface area contributed by atoms with E-state index in [0.29, 0.717) is 32.0 Å². The molecule has 0 saturated heterocycles. The highest BCUT2D eigenvalue weighted by atomic mass is 32.1. The molecule has 0 aliphatic rings. The molecule has 1 amide bonds. The molecule has 0 atom stereocenters. The second kappa shape index (κ2) is 7.70. The number of rotatable bonds is 5. The van der Waals surface area contributed by atoms with Gasteiger partial charge in [-0.05, 0) is 36.4 Å². The second-order valence-corrected chi connectivity index (χ2v) is 7.15. The van der Waals surface area contributed by atoms with Crippen molar-refractivity contribution in [3.8, 4) is 11.5 Å². The zero-order chi connectivity index (χ0) is 19.5. The van der Waals surface area contributed by atoms with Crippen LogP contribution >= 0.6 is 11.3 Å². The summed E-state index contributed by atoms with van der Waals surface area (Å²) in [5.41, 5.74) is 0.773. The van der Waals surface area contributed by atoms with Crippen LogP contribution in [0.15, 0.2) is 72.8 Å². The summed E-state index contributed by atoms with van der Waals surface area (Å²) >= 11 is 1.19. The summed E-state index contributed by atoms with van der Waals surface area (Å²) in [4.78, 5) is 13.2. The highest BCUT2D eigenvalue weighted by Gasteiger charge is 2.22. The quantitative estimate of drug-likeness (QED) is 0.435. The Hall–Kier alpha value is -3.38. The van der Waals surface area contributed by atoms with Crippen molar-refractivity contribution in [2.45, 2.75) is 6.61 Å². The topological polar surface area (TPSA) is 58.6 Å². The summed E-state index contributed by atoms with van der Waals surface area (Å²) in [5, 5.41) is 13.0. The van der Waals surface area contributed by atoms with Gasteiger partial charge in [-0.15, -0.1) is 11.3 Å². The van der Waals surface area contributed by atoms with Gasteiger partial charge in [-0.3, -0.25) is 4.79 Å². The predicted molar refractivity (Wildman–Crippen MR) is 109 cm³/mol. The molecule has 0 saturated carbocycles. The van der Waals surface area contributed by atoms with Crippen LogP contribution in [0.2, 0.25) is 0 Å². The number of hydrogen-bond donors (Lipinski definition) is 2. The number of phenolic OH excluding ortho intramolecular Hbond substituents is 1. The van der Waals surface area contributed by atoms with Crippen LogP contribution in [0.3, 0.4) is 0 Å². The Morgan fingerprint density at radius 2 is 1.75 bits per heavy atom. The Labute approximate surface area is 164 Å². The maximum Gasteiger partial charge on any atom is 0.266 e. The first-order valence-corrected chi connectivity index (χ1v) is 9.42. The minimum Gasteiger partial charge on any atom is -0.506 e. The summed E-state index contributed by atoms with van der Waals surface area (Å²) in [6.07, 6.45) is 0. The summed E-state index contributed by atoms with van der Waals surface area (Å²) in [7, 11) is 0. The lowest BCUT2D eigenvalue weighted by Crippen LogP contribution is -2.13. The van der Waals surface area contributed by atoms with E-state index in [1.54, 1.807) is 42.5 Å². The number of aromatic hydroxyl groups is 1. The number of thiophene rings is 1. The van der Waals surface area contributed by atoms with Crippen molar-refractivity contribution in [1.82, 2.24) is 0 Å². The van der Waals surface area contributed by atoms with Gasteiger partial charge in [0.1, 0.15) is 28.8 Å². The van der Waals surface area contributed by atoms with Crippen molar-refractivity contribution in [3.63, 3.8) is 0 Å². The lowest BCUT2D eigenvalue weighted by molar-refractivity contribution is 0.102. The fraction of sp³-hybridized carbons (Fsp3) is 0.0455. The molecule has 4 aromatic rings. The number of benzene rings is 3. The van der Waals surface area contributed by atoms with Crippen LogP contribution in [0.1, 0.15) is 15.2 Å². The normalized spacial score (nSPS) is 10.8. The molecular formula is C22H16FNO3S. The fourth-order valence-electron chi connectivity index (χ4n) is 2.92. The number of anilines is 1. The minimum atomic E-state index is -0.422. The zero-order valence-corrected chi connectivity index (χ0v) is 15.5. The third kappa shape index (κ3) is 3.54.